The Hall–Kier alpha value is -0.580. The van der Waals surface area contributed by atoms with Crippen molar-refractivity contribution in [3.05, 3.63) is 12.8 Å². The fraction of sp³-hybridized carbons (Fsp3) is 0.778. The van der Waals surface area contributed by atoms with Gasteiger partial charge < -0.3 is 19.3 Å². The molecule has 4 nitrogen and oxygen atoms in total. The van der Waals surface area contributed by atoms with E-state index in [1.54, 1.807) is 0 Å². The zero-order valence-corrected chi connectivity index (χ0v) is 7.65. The molecule has 0 radical (unpaired) electrons. The molecule has 0 bridgehead atoms. The quantitative estimate of drug-likeness (QED) is 0.338. The number of aliphatic hydroxyl groups excluding tert-OH is 1. The van der Waals surface area contributed by atoms with Crippen LogP contribution in [0.2, 0.25) is 0 Å². The zero-order chi connectivity index (χ0) is 9.52. The maximum absolute atomic E-state index is 8.49. The van der Waals surface area contributed by atoms with Crippen LogP contribution in [0.4, 0.5) is 0 Å². The number of hydrogen-bond acceptors (Lipinski definition) is 4. The Morgan fingerprint density at radius 3 is 3.00 bits per heavy atom. The fourth-order valence-electron chi connectivity index (χ4n) is 1.08. The van der Waals surface area contributed by atoms with E-state index in [0.29, 0.717) is 19.3 Å². The van der Waals surface area contributed by atoms with Crippen molar-refractivity contribution in [1.29, 1.82) is 0 Å². The fourth-order valence-corrected chi connectivity index (χ4v) is 1.08. The van der Waals surface area contributed by atoms with Crippen LogP contribution in [-0.2, 0) is 14.2 Å². The van der Waals surface area contributed by atoms with Crippen molar-refractivity contribution in [2.45, 2.75) is 18.6 Å². The molecule has 0 aromatic rings. The van der Waals surface area contributed by atoms with Crippen molar-refractivity contribution in [3.8, 4) is 0 Å². The molecule has 0 aromatic carbocycles. The number of ether oxygens (including phenoxy) is 3. The lowest BCUT2D eigenvalue weighted by atomic mass is 10.2. The lowest BCUT2D eigenvalue weighted by Gasteiger charge is -2.14. The molecule has 4 heteroatoms. The molecule has 1 rings (SSSR count). The molecule has 1 heterocycles. The molecule has 1 saturated heterocycles. The summed E-state index contributed by atoms with van der Waals surface area (Å²) in [4.78, 5) is 0. The highest BCUT2D eigenvalue weighted by molar-refractivity contribution is 4.75. The van der Waals surface area contributed by atoms with Gasteiger partial charge in [-0.2, -0.15) is 0 Å². The van der Waals surface area contributed by atoms with Gasteiger partial charge in [-0.25, -0.2) is 0 Å². The van der Waals surface area contributed by atoms with Gasteiger partial charge in [0.2, 0.25) is 0 Å². The van der Waals surface area contributed by atoms with Crippen molar-refractivity contribution in [2.75, 3.05) is 26.4 Å². The maximum Gasteiger partial charge on any atom is 0.124 e. The number of hydrogen-bond donors (Lipinski definition) is 1. The summed E-state index contributed by atoms with van der Waals surface area (Å²) in [6.07, 6.45) is 2.56. The maximum atomic E-state index is 8.49. The lowest BCUT2D eigenvalue weighted by Crippen LogP contribution is -2.20. The van der Waals surface area contributed by atoms with Crippen molar-refractivity contribution >= 4 is 0 Å². The van der Waals surface area contributed by atoms with Crippen LogP contribution in [0.5, 0.6) is 0 Å². The van der Waals surface area contributed by atoms with E-state index in [9.17, 15) is 0 Å². The van der Waals surface area contributed by atoms with Gasteiger partial charge in [-0.1, -0.05) is 6.58 Å². The molecular weight excluding hydrogens is 172 g/mol. The van der Waals surface area contributed by atoms with Crippen LogP contribution >= 0.6 is 0 Å². The molecule has 1 aliphatic heterocycles. The number of rotatable bonds is 8. The average Bonchev–Trinajstić information content (AvgIpc) is 2.89. The highest BCUT2D eigenvalue weighted by Gasteiger charge is 2.27. The van der Waals surface area contributed by atoms with Gasteiger partial charge in [0.15, 0.2) is 0 Å². The summed E-state index contributed by atoms with van der Waals surface area (Å²) < 4.78 is 15.4. The standard InChI is InChI=1S/C9H16O4/c1-2-12-8(5-9-7-13-9)6-11-4-3-10/h2,8-10H,1,3-7H2. The molecule has 13 heavy (non-hydrogen) atoms. The summed E-state index contributed by atoms with van der Waals surface area (Å²) in [5.41, 5.74) is 0. The first kappa shape index (κ1) is 10.5. The second-order valence-corrected chi connectivity index (χ2v) is 2.91. The van der Waals surface area contributed by atoms with E-state index in [1.807, 2.05) is 0 Å². The summed E-state index contributed by atoms with van der Waals surface area (Å²) in [5, 5.41) is 8.49. The first-order valence-electron chi connectivity index (χ1n) is 4.43. The largest absolute Gasteiger partial charge is 0.496 e. The first-order chi connectivity index (χ1) is 6.36. The smallest absolute Gasteiger partial charge is 0.124 e. The minimum atomic E-state index is -0.00319. The van der Waals surface area contributed by atoms with Crippen LogP contribution in [0.1, 0.15) is 6.42 Å². The molecule has 0 aromatic heterocycles. The molecule has 0 amide bonds. The number of aliphatic hydroxyl groups is 1. The van der Waals surface area contributed by atoms with Crippen molar-refractivity contribution < 1.29 is 19.3 Å². The van der Waals surface area contributed by atoms with Gasteiger partial charge in [-0.05, 0) is 0 Å². The summed E-state index contributed by atoms with van der Waals surface area (Å²) >= 11 is 0. The summed E-state index contributed by atoms with van der Waals surface area (Å²) in [6.45, 7) is 5.18. The van der Waals surface area contributed by atoms with E-state index >= 15 is 0 Å². The molecule has 1 fully saturated rings. The van der Waals surface area contributed by atoms with Gasteiger partial charge in [0.05, 0.1) is 38.8 Å². The lowest BCUT2D eigenvalue weighted by molar-refractivity contribution is 0.00769. The van der Waals surface area contributed by atoms with Crippen molar-refractivity contribution in [1.82, 2.24) is 0 Å². The van der Waals surface area contributed by atoms with Crippen LogP contribution in [0.25, 0.3) is 0 Å². The van der Waals surface area contributed by atoms with Gasteiger partial charge in [-0.3, -0.25) is 0 Å². The van der Waals surface area contributed by atoms with Crippen LogP contribution < -0.4 is 0 Å². The monoisotopic (exact) mass is 188 g/mol. The van der Waals surface area contributed by atoms with E-state index in [4.69, 9.17) is 19.3 Å². The SMILES string of the molecule is C=COC(COCCO)CC1CO1. The van der Waals surface area contributed by atoms with E-state index in [0.717, 1.165) is 13.0 Å². The summed E-state index contributed by atoms with van der Waals surface area (Å²) in [7, 11) is 0. The Kier molecular flexibility index (Phi) is 4.82. The highest BCUT2D eigenvalue weighted by Crippen LogP contribution is 2.17. The molecule has 1 N–H and O–H groups in total. The molecular formula is C9H16O4. The Bertz CT molecular complexity index is 145. The molecule has 2 unspecified atom stereocenters. The van der Waals surface area contributed by atoms with Crippen LogP contribution in [0, 0.1) is 0 Å². The Morgan fingerprint density at radius 2 is 2.46 bits per heavy atom. The Balaban J connectivity index is 2.07. The van der Waals surface area contributed by atoms with Crippen molar-refractivity contribution in [3.63, 3.8) is 0 Å². The van der Waals surface area contributed by atoms with Gasteiger partial charge in [-0.15, -0.1) is 0 Å². The molecule has 2 atom stereocenters. The minimum Gasteiger partial charge on any atom is -0.496 e. The zero-order valence-electron chi connectivity index (χ0n) is 7.65. The van der Waals surface area contributed by atoms with Gasteiger partial charge in [0.25, 0.3) is 0 Å². The van der Waals surface area contributed by atoms with Crippen LogP contribution in [-0.4, -0.2) is 43.7 Å². The third kappa shape index (κ3) is 4.87. The second kappa shape index (κ2) is 5.96. The van der Waals surface area contributed by atoms with Crippen LogP contribution in [0.15, 0.2) is 12.8 Å². The number of epoxide rings is 1. The normalized spacial score (nSPS) is 22.4. The summed E-state index contributed by atoms with van der Waals surface area (Å²) in [6, 6.07) is 0. The molecule has 1 aliphatic rings. The van der Waals surface area contributed by atoms with Gasteiger partial charge in [0, 0.05) is 6.42 Å². The van der Waals surface area contributed by atoms with Gasteiger partial charge in [0.1, 0.15) is 6.10 Å². The van der Waals surface area contributed by atoms with E-state index < -0.39 is 0 Å². The van der Waals surface area contributed by atoms with Crippen LogP contribution in [0.3, 0.4) is 0 Å². The molecule has 0 spiro atoms. The molecule has 76 valence electrons. The Morgan fingerprint density at radius 1 is 1.69 bits per heavy atom. The van der Waals surface area contributed by atoms with Crippen molar-refractivity contribution in [2.24, 2.45) is 0 Å². The van der Waals surface area contributed by atoms with E-state index in [-0.39, 0.29) is 12.7 Å². The first-order valence-corrected chi connectivity index (χ1v) is 4.43. The van der Waals surface area contributed by atoms with E-state index in [1.165, 1.54) is 6.26 Å². The molecule has 0 saturated carbocycles. The summed E-state index contributed by atoms with van der Waals surface area (Å²) in [5.74, 6) is 0. The minimum absolute atomic E-state index is 0.00319. The third-order valence-corrected chi connectivity index (χ3v) is 1.76. The Labute approximate surface area is 78.1 Å². The van der Waals surface area contributed by atoms with Gasteiger partial charge >= 0.3 is 0 Å². The molecule has 0 aliphatic carbocycles. The highest BCUT2D eigenvalue weighted by atomic mass is 16.6. The second-order valence-electron chi connectivity index (χ2n) is 2.91. The third-order valence-electron chi connectivity index (χ3n) is 1.76. The topological polar surface area (TPSA) is 51.2 Å². The predicted molar refractivity (Wildman–Crippen MR) is 47.3 cm³/mol. The predicted octanol–water partition coefficient (Wildman–Crippen LogP) is 0.313. The average molecular weight is 188 g/mol. The van der Waals surface area contributed by atoms with E-state index in [2.05, 4.69) is 6.58 Å².